The van der Waals surface area contributed by atoms with E-state index < -0.39 is 65.5 Å². The number of carbonyl (C=O) groups is 1. The Kier molecular flexibility index (Phi) is 8.73. The van der Waals surface area contributed by atoms with E-state index in [4.69, 9.17) is 4.74 Å². The topological polar surface area (TPSA) is 93.5 Å². The minimum absolute atomic E-state index is 0.0633. The first-order valence-corrected chi connectivity index (χ1v) is 15.8. The van der Waals surface area contributed by atoms with Gasteiger partial charge in [-0.25, -0.2) is 36.3 Å². The lowest BCUT2D eigenvalue weighted by Gasteiger charge is -2.44. The summed E-state index contributed by atoms with van der Waals surface area (Å²) in [6.45, 7) is 10.1. The summed E-state index contributed by atoms with van der Waals surface area (Å²) >= 11 is 0. The van der Waals surface area contributed by atoms with Crippen LogP contribution < -0.4 is 10.6 Å². The molecular formula is C34H35F5N6O3. The molecule has 0 N–H and O–H groups in total. The number of aryl methyl sites for hydroxylation is 1. The monoisotopic (exact) mass is 670 g/mol. The summed E-state index contributed by atoms with van der Waals surface area (Å²) in [7, 11) is 0. The van der Waals surface area contributed by atoms with Crippen molar-refractivity contribution in [2.24, 2.45) is 0 Å². The number of carbonyl (C=O) groups excluding carboxylic acids is 1. The number of hydrogen-bond acceptors (Lipinski definition) is 7. The second-order valence-electron chi connectivity index (χ2n) is 12.8. The molecule has 254 valence electrons. The Morgan fingerprint density at radius 1 is 1.15 bits per heavy atom. The first-order chi connectivity index (χ1) is 22.7. The third-order valence-corrected chi connectivity index (χ3v) is 9.11. The van der Waals surface area contributed by atoms with Crippen molar-refractivity contribution in [2.75, 3.05) is 24.6 Å². The lowest BCUT2D eigenvalue weighted by Crippen LogP contribution is -2.58. The molecule has 48 heavy (non-hydrogen) atoms. The molecule has 0 saturated carbocycles. The summed E-state index contributed by atoms with van der Waals surface area (Å²) in [4.78, 5) is 43.5. The molecule has 3 aromatic rings. The number of fused-ring (bicyclic) bond motifs is 5. The highest BCUT2D eigenvalue weighted by Crippen LogP contribution is 2.40. The van der Waals surface area contributed by atoms with Crippen molar-refractivity contribution < 1.29 is 31.5 Å². The van der Waals surface area contributed by atoms with Gasteiger partial charge in [-0.15, -0.1) is 0 Å². The summed E-state index contributed by atoms with van der Waals surface area (Å²) in [6.07, 6.45) is 0.796. The summed E-state index contributed by atoms with van der Waals surface area (Å²) < 4.78 is 83.7. The SMILES string of the molecule is C=CC(=O)N1C[C@H](C)N(c2nc(=O)n3c4nc(c(F)cc24)C2=C(F)C(F)=CCC2OCC(F)(F)CCc2ccnc(C(C)C)c2-3)C[C@H]1C. The van der Waals surface area contributed by atoms with Gasteiger partial charge in [0.2, 0.25) is 5.91 Å². The molecule has 0 radical (unpaired) electrons. The van der Waals surface area contributed by atoms with Crippen molar-refractivity contribution in [1.82, 2.24) is 24.4 Å². The van der Waals surface area contributed by atoms with Gasteiger partial charge in [0.05, 0.1) is 22.9 Å². The van der Waals surface area contributed by atoms with Gasteiger partial charge in [-0.1, -0.05) is 20.4 Å². The zero-order valence-electron chi connectivity index (χ0n) is 26.9. The van der Waals surface area contributed by atoms with E-state index in [1.165, 1.54) is 18.3 Å². The van der Waals surface area contributed by atoms with Crippen LogP contribution in [-0.2, 0) is 16.0 Å². The molecule has 2 aliphatic heterocycles. The number of pyridine rings is 2. The number of piperazine rings is 1. The Morgan fingerprint density at radius 2 is 1.90 bits per heavy atom. The molecule has 1 fully saturated rings. The number of alkyl halides is 2. The fourth-order valence-corrected chi connectivity index (χ4v) is 6.66. The molecule has 1 saturated heterocycles. The van der Waals surface area contributed by atoms with Gasteiger partial charge in [-0.3, -0.25) is 9.78 Å². The zero-order chi connectivity index (χ0) is 34.7. The van der Waals surface area contributed by atoms with Crippen molar-refractivity contribution in [3.63, 3.8) is 0 Å². The van der Waals surface area contributed by atoms with Crippen molar-refractivity contribution in [3.8, 4) is 5.69 Å². The number of hydrogen-bond donors (Lipinski definition) is 0. The number of anilines is 1. The maximum absolute atomic E-state index is 16.3. The van der Waals surface area contributed by atoms with E-state index in [1.807, 2.05) is 27.7 Å². The minimum atomic E-state index is -3.41. The number of nitrogens with zero attached hydrogens (tertiary/aromatic N) is 6. The van der Waals surface area contributed by atoms with Crippen LogP contribution in [0.3, 0.4) is 0 Å². The van der Waals surface area contributed by atoms with Crippen LogP contribution >= 0.6 is 0 Å². The molecule has 1 aliphatic carbocycles. The van der Waals surface area contributed by atoms with E-state index in [0.717, 1.165) is 16.7 Å². The fourth-order valence-electron chi connectivity index (χ4n) is 6.66. The van der Waals surface area contributed by atoms with Crippen LogP contribution in [0.2, 0.25) is 0 Å². The average molecular weight is 671 g/mol. The number of rotatable bonds is 3. The van der Waals surface area contributed by atoms with Crippen LogP contribution in [0.15, 0.2) is 53.5 Å². The van der Waals surface area contributed by atoms with E-state index >= 15 is 17.6 Å². The van der Waals surface area contributed by atoms with Crippen molar-refractivity contribution in [3.05, 3.63) is 82.0 Å². The smallest absolute Gasteiger partial charge is 0.355 e. The van der Waals surface area contributed by atoms with Crippen LogP contribution in [0.5, 0.6) is 0 Å². The van der Waals surface area contributed by atoms with E-state index in [1.54, 1.807) is 9.80 Å². The van der Waals surface area contributed by atoms with Crippen molar-refractivity contribution in [1.29, 1.82) is 0 Å². The Hall–Kier alpha value is -4.46. The Labute approximate surface area is 273 Å². The van der Waals surface area contributed by atoms with Crippen LogP contribution in [0.25, 0.3) is 22.3 Å². The molecule has 1 unspecified atom stereocenters. The van der Waals surface area contributed by atoms with Crippen molar-refractivity contribution in [2.45, 2.75) is 77.0 Å². The first kappa shape index (κ1) is 33.4. The molecule has 6 rings (SSSR count). The predicted octanol–water partition coefficient (Wildman–Crippen LogP) is 5.95. The summed E-state index contributed by atoms with van der Waals surface area (Å²) in [5, 5.41) is 0.0633. The molecule has 9 nitrogen and oxygen atoms in total. The second-order valence-corrected chi connectivity index (χ2v) is 12.8. The third kappa shape index (κ3) is 5.80. The highest BCUT2D eigenvalue weighted by atomic mass is 19.3. The highest BCUT2D eigenvalue weighted by molar-refractivity contribution is 5.91. The predicted molar refractivity (Wildman–Crippen MR) is 170 cm³/mol. The Bertz CT molecular complexity index is 1940. The number of amides is 1. The molecule has 3 atom stereocenters. The number of allylic oxidation sites excluding steroid dienone is 2. The largest absolute Gasteiger partial charge is 0.367 e. The van der Waals surface area contributed by atoms with E-state index in [2.05, 4.69) is 21.5 Å². The van der Waals surface area contributed by atoms with E-state index in [0.29, 0.717) is 11.3 Å². The standard InChI is InChI=1S/C34H35F5N6O3/c1-6-25(46)43-14-19(5)44(15-18(43)4)31-21-13-23(36)29-26-24(8-7-22(35)27(26)37)48-16-34(38,39)11-9-20-10-12-40-28(17(2)3)30(20)45(32(21)41-29)33(47)42-31/h6-7,10,12-13,17-19,24H,1,8-9,11,14-16H2,2-5H3/t18-,19+,24?/m1/s1. The molecule has 0 spiro atoms. The van der Waals surface area contributed by atoms with Crippen LogP contribution in [0.1, 0.15) is 63.4 Å². The number of ether oxygens (including phenoxy) is 1. The van der Waals surface area contributed by atoms with Gasteiger partial charge >= 0.3 is 5.69 Å². The van der Waals surface area contributed by atoms with Crippen LogP contribution in [0.4, 0.5) is 27.8 Å². The molecule has 0 aromatic carbocycles. The fraction of sp³-hybridized carbons (Fsp3) is 0.441. The lowest BCUT2D eigenvalue weighted by molar-refractivity contribution is -0.128. The maximum Gasteiger partial charge on any atom is 0.355 e. The van der Waals surface area contributed by atoms with Gasteiger partial charge in [0.15, 0.2) is 17.3 Å². The molecule has 1 amide bonds. The quantitative estimate of drug-likeness (QED) is 0.251. The van der Waals surface area contributed by atoms with E-state index in [-0.39, 0.29) is 66.3 Å². The summed E-state index contributed by atoms with van der Waals surface area (Å²) in [6, 6.07) is 1.82. The van der Waals surface area contributed by atoms with Crippen LogP contribution in [-0.4, -0.2) is 74.1 Å². The number of aromatic nitrogens is 4. The van der Waals surface area contributed by atoms with Crippen molar-refractivity contribution >= 4 is 28.3 Å². The average Bonchev–Trinajstić information content (AvgIpc) is 3.05. The highest BCUT2D eigenvalue weighted by Gasteiger charge is 2.38. The second kappa shape index (κ2) is 12.5. The van der Waals surface area contributed by atoms with Gasteiger partial charge in [-0.05, 0) is 62.5 Å². The minimum Gasteiger partial charge on any atom is -0.367 e. The first-order valence-electron chi connectivity index (χ1n) is 15.8. The van der Waals surface area contributed by atoms with E-state index in [9.17, 15) is 14.0 Å². The molecule has 14 heteroatoms. The molecule has 3 aromatic heterocycles. The number of halogens is 5. The molecule has 5 heterocycles. The lowest BCUT2D eigenvalue weighted by atomic mass is 9.95. The van der Waals surface area contributed by atoms with Gasteiger partial charge in [0.25, 0.3) is 5.92 Å². The summed E-state index contributed by atoms with van der Waals surface area (Å²) in [5.41, 5.74) is -1.49. The Balaban J connectivity index is 1.70. The van der Waals surface area contributed by atoms with Gasteiger partial charge in [0, 0.05) is 43.4 Å². The van der Waals surface area contributed by atoms with Gasteiger partial charge in [-0.2, -0.15) is 4.98 Å². The zero-order valence-corrected chi connectivity index (χ0v) is 26.9. The molecule has 2 bridgehead atoms. The van der Waals surface area contributed by atoms with Crippen LogP contribution in [0, 0.1) is 5.82 Å². The summed E-state index contributed by atoms with van der Waals surface area (Å²) in [5.74, 6) is -7.81. The van der Waals surface area contributed by atoms with Gasteiger partial charge in [0.1, 0.15) is 23.9 Å². The maximum atomic E-state index is 16.3. The molecule has 3 aliphatic rings. The molecular weight excluding hydrogens is 635 g/mol. The van der Waals surface area contributed by atoms with Gasteiger partial charge < -0.3 is 14.5 Å². The third-order valence-electron chi connectivity index (χ3n) is 9.11. The normalized spacial score (nSPS) is 22.9. The Morgan fingerprint density at radius 3 is 2.60 bits per heavy atom.